The molecular weight excluding hydrogens is 274 g/mol. The number of aliphatic carboxylic acids is 1. The summed E-state index contributed by atoms with van der Waals surface area (Å²) in [4.78, 5) is 25.7. The first-order valence-electron chi connectivity index (χ1n) is 7.52. The number of likely N-dealkylation sites (tertiary alicyclic amines) is 1. The quantitative estimate of drug-likeness (QED) is 0.870. The van der Waals surface area contributed by atoms with Crippen LogP contribution in [0.15, 0.2) is 0 Å². The molecule has 4 nitrogen and oxygen atoms in total. The maximum Gasteiger partial charge on any atom is 0.326 e. The Balaban J connectivity index is 2.04. The topological polar surface area (TPSA) is 57.6 Å². The van der Waals surface area contributed by atoms with Crippen LogP contribution in [0.2, 0.25) is 0 Å². The molecule has 114 valence electrons. The summed E-state index contributed by atoms with van der Waals surface area (Å²) in [5.74, 6) is 1.89. The van der Waals surface area contributed by atoms with Crippen molar-refractivity contribution in [2.75, 3.05) is 18.1 Å². The standard InChI is InChI=1S/C15H25NO3S/c1-15(2)6-3-7-16(13(15)14(18)19)12(17)10-11-4-8-20-9-5-11/h11,13H,3-10H2,1-2H3,(H,18,19). The number of nitrogens with zero attached hydrogens (tertiary/aromatic N) is 1. The smallest absolute Gasteiger partial charge is 0.326 e. The summed E-state index contributed by atoms with van der Waals surface area (Å²) >= 11 is 1.95. The summed E-state index contributed by atoms with van der Waals surface area (Å²) < 4.78 is 0. The summed E-state index contributed by atoms with van der Waals surface area (Å²) in [6.45, 7) is 4.52. The van der Waals surface area contributed by atoms with Crippen LogP contribution in [0.5, 0.6) is 0 Å². The molecule has 2 heterocycles. The molecule has 0 aliphatic carbocycles. The summed E-state index contributed by atoms with van der Waals surface area (Å²) in [5, 5.41) is 9.50. The Morgan fingerprint density at radius 1 is 1.30 bits per heavy atom. The van der Waals surface area contributed by atoms with Crippen molar-refractivity contribution in [2.45, 2.75) is 52.0 Å². The molecule has 5 heteroatoms. The maximum absolute atomic E-state index is 12.5. The van der Waals surface area contributed by atoms with Gasteiger partial charge >= 0.3 is 5.97 Å². The number of hydrogen-bond acceptors (Lipinski definition) is 3. The molecule has 1 N–H and O–H groups in total. The molecule has 2 rings (SSSR count). The van der Waals surface area contributed by atoms with Gasteiger partial charge in [0.25, 0.3) is 0 Å². The number of carbonyl (C=O) groups is 2. The van der Waals surface area contributed by atoms with Gasteiger partial charge in [0.15, 0.2) is 0 Å². The number of carboxylic acids is 1. The Labute approximate surface area is 125 Å². The van der Waals surface area contributed by atoms with E-state index < -0.39 is 12.0 Å². The number of piperidine rings is 1. The van der Waals surface area contributed by atoms with Gasteiger partial charge in [0, 0.05) is 13.0 Å². The molecule has 0 radical (unpaired) electrons. The molecular formula is C15H25NO3S. The minimum atomic E-state index is -0.859. The van der Waals surface area contributed by atoms with Crippen molar-refractivity contribution >= 4 is 23.6 Å². The van der Waals surface area contributed by atoms with Crippen LogP contribution in [0.1, 0.15) is 46.0 Å². The van der Waals surface area contributed by atoms with Gasteiger partial charge in [-0.2, -0.15) is 11.8 Å². The van der Waals surface area contributed by atoms with E-state index in [0.29, 0.717) is 18.9 Å². The summed E-state index contributed by atoms with van der Waals surface area (Å²) in [6, 6.07) is -0.665. The number of hydrogen-bond donors (Lipinski definition) is 1. The van der Waals surface area contributed by atoms with Crippen molar-refractivity contribution in [3.63, 3.8) is 0 Å². The highest BCUT2D eigenvalue weighted by atomic mass is 32.2. The zero-order chi connectivity index (χ0) is 14.8. The molecule has 0 saturated carbocycles. The predicted octanol–water partition coefficient (Wildman–Crippen LogP) is 2.62. The molecule has 0 aromatic carbocycles. The molecule has 2 saturated heterocycles. The molecule has 1 unspecified atom stereocenters. The average Bonchev–Trinajstić information content (AvgIpc) is 2.37. The molecule has 1 atom stereocenters. The first kappa shape index (κ1) is 15.7. The number of amides is 1. The highest BCUT2D eigenvalue weighted by Gasteiger charge is 2.44. The number of carbonyl (C=O) groups excluding carboxylic acids is 1. The van der Waals surface area contributed by atoms with Gasteiger partial charge in [-0.3, -0.25) is 4.79 Å². The van der Waals surface area contributed by atoms with Crippen LogP contribution < -0.4 is 0 Å². The minimum absolute atomic E-state index is 0.0436. The zero-order valence-corrected chi connectivity index (χ0v) is 13.2. The number of carboxylic acid groups (broad SMARTS) is 1. The molecule has 2 aliphatic heterocycles. The lowest BCUT2D eigenvalue weighted by Gasteiger charge is -2.44. The SMILES string of the molecule is CC1(C)CCCN(C(=O)CC2CCSCC2)C1C(=O)O. The monoisotopic (exact) mass is 299 g/mol. The lowest BCUT2D eigenvalue weighted by Crippen LogP contribution is -2.56. The van der Waals surface area contributed by atoms with Crippen LogP contribution in [0.25, 0.3) is 0 Å². The molecule has 0 aromatic rings. The second-order valence-corrected chi connectivity index (χ2v) is 7.90. The van der Waals surface area contributed by atoms with E-state index in [1.807, 2.05) is 25.6 Å². The molecule has 20 heavy (non-hydrogen) atoms. The van der Waals surface area contributed by atoms with Crippen LogP contribution in [-0.2, 0) is 9.59 Å². The maximum atomic E-state index is 12.5. The fourth-order valence-electron chi connectivity index (χ4n) is 3.44. The van der Waals surface area contributed by atoms with E-state index >= 15 is 0 Å². The van der Waals surface area contributed by atoms with E-state index in [-0.39, 0.29) is 11.3 Å². The minimum Gasteiger partial charge on any atom is -0.480 e. The Bertz CT molecular complexity index is 377. The van der Waals surface area contributed by atoms with Gasteiger partial charge in [-0.1, -0.05) is 13.8 Å². The second-order valence-electron chi connectivity index (χ2n) is 6.68. The molecule has 2 fully saturated rings. The lowest BCUT2D eigenvalue weighted by molar-refractivity contribution is -0.159. The molecule has 2 aliphatic rings. The normalized spacial score (nSPS) is 27.3. The van der Waals surface area contributed by atoms with Crippen molar-refractivity contribution in [3.8, 4) is 0 Å². The van der Waals surface area contributed by atoms with Crippen LogP contribution in [-0.4, -0.2) is 46.0 Å². The summed E-state index contributed by atoms with van der Waals surface area (Å²) in [6.07, 6.45) is 4.48. The largest absolute Gasteiger partial charge is 0.480 e. The first-order chi connectivity index (χ1) is 9.42. The average molecular weight is 299 g/mol. The van der Waals surface area contributed by atoms with Gasteiger partial charge in [-0.15, -0.1) is 0 Å². The molecule has 0 bridgehead atoms. The predicted molar refractivity (Wildman–Crippen MR) is 80.8 cm³/mol. The van der Waals surface area contributed by atoms with Crippen molar-refractivity contribution in [3.05, 3.63) is 0 Å². The van der Waals surface area contributed by atoms with E-state index in [0.717, 1.165) is 37.2 Å². The Morgan fingerprint density at radius 3 is 2.55 bits per heavy atom. The van der Waals surface area contributed by atoms with Gasteiger partial charge < -0.3 is 10.0 Å². The third kappa shape index (κ3) is 3.48. The highest BCUT2D eigenvalue weighted by molar-refractivity contribution is 7.99. The van der Waals surface area contributed by atoms with Crippen molar-refractivity contribution in [2.24, 2.45) is 11.3 Å². The van der Waals surface area contributed by atoms with E-state index in [1.165, 1.54) is 0 Å². The fraction of sp³-hybridized carbons (Fsp3) is 0.867. The second kappa shape index (κ2) is 6.37. The Kier molecular flexibility index (Phi) is 4.99. The highest BCUT2D eigenvalue weighted by Crippen LogP contribution is 2.36. The van der Waals surface area contributed by atoms with Crippen molar-refractivity contribution < 1.29 is 14.7 Å². The lowest BCUT2D eigenvalue weighted by atomic mass is 9.76. The van der Waals surface area contributed by atoms with Crippen LogP contribution in [0, 0.1) is 11.3 Å². The summed E-state index contributed by atoms with van der Waals surface area (Å²) in [7, 11) is 0. The molecule has 0 aromatic heterocycles. The third-order valence-electron chi connectivity index (χ3n) is 4.63. The fourth-order valence-corrected chi connectivity index (χ4v) is 4.65. The first-order valence-corrected chi connectivity index (χ1v) is 8.67. The number of thioether (sulfide) groups is 1. The van der Waals surface area contributed by atoms with Gasteiger partial charge in [0.2, 0.25) is 5.91 Å². The van der Waals surface area contributed by atoms with E-state index in [1.54, 1.807) is 4.90 Å². The van der Waals surface area contributed by atoms with Crippen LogP contribution in [0.4, 0.5) is 0 Å². The Hall–Kier alpha value is -0.710. The zero-order valence-electron chi connectivity index (χ0n) is 12.4. The van der Waals surface area contributed by atoms with Gasteiger partial charge in [0.05, 0.1) is 0 Å². The number of rotatable bonds is 3. The van der Waals surface area contributed by atoms with Crippen LogP contribution >= 0.6 is 11.8 Å². The van der Waals surface area contributed by atoms with Gasteiger partial charge in [-0.05, 0) is 48.5 Å². The third-order valence-corrected chi connectivity index (χ3v) is 5.68. The van der Waals surface area contributed by atoms with Gasteiger partial charge in [-0.25, -0.2) is 4.79 Å². The van der Waals surface area contributed by atoms with Crippen molar-refractivity contribution in [1.82, 2.24) is 4.90 Å². The van der Waals surface area contributed by atoms with Gasteiger partial charge in [0.1, 0.15) is 6.04 Å². The summed E-state index contributed by atoms with van der Waals surface area (Å²) in [5.41, 5.74) is -0.331. The van der Waals surface area contributed by atoms with E-state index in [2.05, 4.69) is 0 Å². The van der Waals surface area contributed by atoms with Crippen LogP contribution in [0.3, 0.4) is 0 Å². The molecule has 0 spiro atoms. The van der Waals surface area contributed by atoms with E-state index in [9.17, 15) is 14.7 Å². The molecule has 1 amide bonds. The Morgan fingerprint density at radius 2 is 1.95 bits per heavy atom. The van der Waals surface area contributed by atoms with Crippen molar-refractivity contribution in [1.29, 1.82) is 0 Å². The van der Waals surface area contributed by atoms with E-state index in [4.69, 9.17) is 0 Å².